The summed E-state index contributed by atoms with van der Waals surface area (Å²) in [6.07, 6.45) is 0. The van der Waals surface area contributed by atoms with E-state index in [9.17, 15) is 0 Å². The highest BCUT2D eigenvalue weighted by molar-refractivity contribution is 6.30. The molecule has 0 saturated carbocycles. The van der Waals surface area contributed by atoms with Gasteiger partial charge >= 0.3 is 0 Å². The van der Waals surface area contributed by atoms with E-state index < -0.39 is 0 Å². The second-order valence-electron chi connectivity index (χ2n) is 5.47. The second-order valence-corrected chi connectivity index (χ2v) is 5.91. The van der Waals surface area contributed by atoms with Crippen LogP contribution < -0.4 is 5.32 Å². The number of rotatable bonds is 5. The Bertz CT molecular complexity index is 755. The Morgan fingerprint density at radius 2 is 1.61 bits per heavy atom. The zero-order valence-corrected chi connectivity index (χ0v) is 13.8. The Morgan fingerprint density at radius 1 is 0.913 bits per heavy atom. The fourth-order valence-corrected chi connectivity index (χ4v) is 2.53. The maximum absolute atomic E-state index is 5.93. The van der Waals surface area contributed by atoms with Crippen LogP contribution in [-0.2, 0) is 0 Å². The quantitative estimate of drug-likeness (QED) is 0.731. The van der Waals surface area contributed by atoms with E-state index in [0.29, 0.717) is 11.8 Å². The van der Waals surface area contributed by atoms with Gasteiger partial charge in [-0.25, -0.2) is 0 Å². The smallest absolute Gasteiger partial charge is 0.247 e. The molecule has 0 aliphatic carbocycles. The van der Waals surface area contributed by atoms with Gasteiger partial charge in [0.15, 0.2) is 0 Å². The third-order valence-corrected chi connectivity index (χ3v) is 3.95. The monoisotopic (exact) mass is 327 g/mol. The van der Waals surface area contributed by atoms with Gasteiger partial charge in [0.05, 0.1) is 6.04 Å². The predicted molar refractivity (Wildman–Crippen MR) is 91.2 cm³/mol. The topological polar surface area (TPSA) is 51.0 Å². The molecular formula is C18H18ClN3O. The molecule has 0 amide bonds. The Kier molecular flexibility index (Phi) is 4.74. The standard InChI is InChI=1S/C18H18ClN3O/c1-12(14-8-10-16(19)11-9-14)20-13(2)17-21-22-18(23-17)15-6-4-3-5-7-15/h3-13,20H,1-2H3. The lowest BCUT2D eigenvalue weighted by Crippen LogP contribution is -2.22. The molecule has 0 bridgehead atoms. The van der Waals surface area contributed by atoms with Gasteiger partial charge in [0.2, 0.25) is 11.8 Å². The molecule has 2 aromatic carbocycles. The van der Waals surface area contributed by atoms with Crippen molar-refractivity contribution in [3.05, 3.63) is 71.1 Å². The summed E-state index contributed by atoms with van der Waals surface area (Å²) in [5.41, 5.74) is 2.08. The Hall–Kier alpha value is -2.17. The summed E-state index contributed by atoms with van der Waals surface area (Å²) in [6.45, 7) is 4.10. The Balaban J connectivity index is 1.70. The maximum Gasteiger partial charge on any atom is 0.247 e. The van der Waals surface area contributed by atoms with Crippen LogP contribution in [-0.4, -0.2) is 10.2 Å². The van der Waals surface area contributed by atoms with Crippen molar-refractivity contribution in [3.63, 3.8) is 0 Å². The van der Waals surface area contributed by atoms with Crippen molar-refractivity contribution in [3.8, 4) is 11.5 Å². The molecule has 0 aliphatic heterocycles. The SMILES string of the molecule is CC(NC(C)c1nnc(-c2ccccc2)o1)c1ccc(Cl)cc1. The molecule has 0 spiro atoms. The van der Waals surface area contributed by atoms with Gasteiger partial charge < -0.3 is 4.42 Å². The van der Waals surface area contributed by atoms with E-state index in [1.165, 1.54) is 0 Å². The molecular weight excluding hydrogens is 310 g/mol. The first kappa shape index (κ1) is 15.7. The summed E-state index contributed by atoms with van der Waals surface area (Å²) in [5.74, 6) is 1.11. The molecule has 1 aromatic heterocycles. The number of aromatic nitrogens is 2. The first-order valence-electron chi connectivity index (χ1n) is 7.54. The maximum atomic E-state index is 5.93. The summed E-state index contributed by atoms with van der Waals surface area (Å²) >= 11 is 5.93. The average molecular weight is 328 g/mol. The molecule has 4 nitrogen and oxygen atoms in total. The van der Waals surface area contributed by atoms with Crippen LogP contribution in [0.1, 0.15) is 37.4 Å². The summed E-state index contributed by atoms with van der Waals surface area (Å²) in [6, 6.07) is 17.6. The van der Waals surface area contributed by atoms with Gasteiger partial charge in [-0.3, -0.25) is 5.32 Å². The molecule has 0 aliphatic rings. The predicted octanol–water partition coefficient (Wildman–Crippen LogP) is 4.80. The summed E-state index contributed by atoms with van der Waals surface area (Å²) in [4.78, 5) is 0. The third kappa shape index (κ3) is 3.78. The van der Waals surface area contributed by atoms with E-state index in [1.807, 2.05) is 61.5 Å². The minimum absolute atomic E-state index is 0.0503. The van der Waals surface area contributed by atoms with Gasteiger partial charge in [-0.2, -0.15) is 0 Å². The fourth-order valence-electron chi connectivity index (χ4n) is 2.40. The normalized spacial score (nSPS) is 13.7. The third-order valence-electron chi connectivity index (χ3n) is 3.70. The fraction of sp³-hybridized carbons (Fsp3) is 0.222. The van der Waals surface area contributed by atoms with Crippen LogP contribution in [0.3, 0.4) is 0 Å². The number of halogens is 1. The Labute approximate surface area is 140 Å². The van der Waals surface area contributed by atoms with Crippen LogP contribution in [0.2, 0.25) is 5.02 Å². The van der Waals surface area contributed by atoms with E-state index in [4.69, 9.17) is 16.0 Å². The molecule has 23 heavy (non-hydrogen) atoms. The van der Waals surface area contributed by atoms with Crippen LogP contribution >= 0.6 is 11.6 Å². The largest absolute Gasteiger partial charge is 0.419 e. The van der Waals surface area contributed by atoms with Crippen LogP contribution in [0.4, 0.5) is 0 Å². The lowest BCUT2D eigenvalue weighted by molar-refractivity contribution is 0.395. The highest BCUT2D eigenvalue weighted by Gasteiger charge is 2.17. The molecule has 2 unspecified atom stereocenters. The first-order chi connectivity index (χ1) is 11.1. The lowest BCUT2D eigenvalue weighted by atomic mass is 10.1. The van der Waals surface area contributed by atoms with Crippen molar-refractivity contribution in [1.29, 1.82) is 0 Å². The van der Waals surface area contributed by atoms with Gasteiger partial charge in [0.25, 0.3) is 0 Å². The molecule has 2 atom stereocenters. The van der Waals surface area contributed by atoms with Crippen LogP contribution in [0.5, 0.6) is 0 Å². The number of nitrogens with one attached hydrogen (secondary N) is 1. The molecule has 1 N–H and O–H groups in total. The zero-order chi connectivity index (χ0) is 16.2. The van der Waals surface area contributed by atoms with E-state index in [2.05, 4.69) is 22.4 Å². The first-order valence-corrected chi connectivity index (χ1v) is 7.91. The van der Waals surface area contributed by atoms with E-state index in [-0.39, 0.29) is 12.1 Å². The van der Waals surface area contributed by atoms with Gasteiger partial charge in [-0.05, 0) is 43.7 Å². The van der Waals surface area contributed by atoms with E-state index in [1.54, 1.807) is 0 Å². The number of hydrogen-bond acceptors (Lipinski definition) is 4. The van der Waals surface area contributed by atoms with Gasteiger partial charge in [-0.1, -0.05) is 41.9 Å². The molecule has 5 heteroatoms. The highest BCUT2D eigenvalue weighted by atomic mass is 35.5. The summed E-state index contributed by atoms with van der Waals surface area (Å²) in [5, 5.41) is 12.5. The van der Waals surface area contributed by atoms with Crippen molar-refractivity contribution in [2.45, 2.75) is 25.9 Å². The number of hydrogen-bond donors (Lipinski definition) is 1. The van der Waals surface area contributed by atoms with Gasteiger partial charge in [0.1, 0.15) is 0 Å². The molecule has 0 fully saturated rings. The molecule has 1 heterocycles. The minimum atomic E-state index is -0.0503. The summed E-state index contributed by atoms with van der Waals surface area (Å²) in [7, 11) is 0. The molecule has 0 saturated heterocycles. The summed E-state index contributed by atoms with van der Waals surface area (Å²) < 4.78 is 5.78. The highest BCUT2D eigenvalue weighted by Crippen LogP contribution is 2.23. The van der Waals surface area contributed by atoms with Crippen molar-refractivity contribution >= 4 is 11.6 Å². The van der Waals surface area contributed by atoms with Crippen LogP contribution in [0.15, 0.2) is 59.0 Å². The minimum Gasteiger partial charge on any atom is -0.419 e. The van der Waals surface area contributed by atoms with E-state index in [0.717, 1.165) is 16.1 Å². The molecule has 3 rings (SSSR count). The molecule has 118 valence electrons. The van der Waals surface area contributed by atoms with Gasteiger partial charge in [0, 0.05) is 16.6 Å². The second kappa shape index (κ2) is 6.94. The molecule has 0 radical (unpaired) electrons. The van der Waals surface area contributed by atoms with Gasteiger partial charge in [-0.15, -0.1) is 10.2 Å². The van der Waals surface area contributed by atoms with Crippen LogP contribution in [0.25, 0.3) is 11.5 Å². The molecule has 3 aromatic rings. The number of nitrogens with zero attached hydrogens (tertiary/aromatic N) is 2. The van der Waals surface area contributed by atoms with E-state index >= 15 is 0 Å². The van der Waals surface area contributed by atoms with Crippen molar-refractivity contribution < 1.29 is 4.42 Å². The Morgan fingerprint density at radius 3 is 2.30 bits per heavy atom. The van der Waals surface area contributed by atoms with Crippen molar-refractivity contribution in [1.82, 2.24) is 15.5 Å². The van der Waals surface area contributed by atoms with Crippen molar-refractivity contribution in [2.75, 3.05) is 0 Å². The van der Waals surface area contributed by atoms with Crippen LogP contribution in [0, 0.1) is 0 Å². The average Bonchev–Trinajstić information content (AvgIpc) is 3.06. The lowest BCUT2D eigenvalue weighted by Gasteiger charge is -2.17. The van der Waals surface area contributed by atoms with Crippen molar-refractivity contribution in [2.24, 2.45) is 0 Å². The zero-order valence-electron chi connectivity index (χ0n) is 13.0. The number of benzene rings is 2.